The number of nitrogens with one attached hydrogen (secondary N) is 2. The molecule has 0 fully saturated rings. The molecule has 0 unspecified atom stereocenters. The van der Waals surface area contributed by atoms with Crippen LogP contribution in [-0.4, -0.2) is 20.4 Å². The molecule has 2 aromatic heterocycles. The van der Waals surface area contributed by atoms with E-state index in [1.165, 1.54) is 5.56 Å². The Bertz CT molecular complexity index is 415. The number of H-pyrrole nitrogens is 2. The summed E-state index contributed by atoms with van der Waals surface area (Å²) in [6.07, 6.45) is 6.54. The molecule has 0 spiro atoms. The first-order chi connectivity index (χ1) is 7.31. The van der Waals surface area contributed by atoms with Gasteiger partial charge in [0.2, 0.25) is 0 Å². The van der Waals surface area contributed by atoms with Crippen LogP contribution >= 0.6 is 0 Å². The van der Waals surface area contributed by atoms with E-state index in [-0.39, 0.29) is 0 Å². The second-order valence-electron chi connectivity index (χ2n) is 3.53. The van der Waals surface area contributed by atoms with Gasteiger partial charge in [-0.25, -0.2) is 0 Å². The molecule has 15 heavy (non-hydrogen) atoms. The lowest BCUT2D eigenvalue weighted by molar-refractivity contribution is 0.879. The van der Waals surface area contributed by atoms with Gasteiger partial charge in [-0.1, -0.05) is 6.92 Å². The van der Waals surface area contributed by atoms with E-state index in [0.29, 0.717) is 5.82 Å². The van der Waals surface area contributed by atoms with Gasteiger partial charge in [0.05, 0.1) is 6.20 Å². The summed E-state index contributed by atoms with van der Waals surface area (Å²) in [5, 5.41) is 13.7. The number of hydrogen-bond acceptors (Lipinski definition) is 3. The molecule has 2 rings (SSSR count). The lowest BCUT2D eigenvalue weighted by Crippen LogP contribution is -1.96. The number of nitrogens with two attached hydrogens (primary N) is 1. The van der Waals surface area contributed by atoms with Crippen molar-refractivity contribution in [1.29, 1.82) is 0 Å². The highest BCUT2D eigenvalue weighted by Gasteiger charge is 2.08. The average Bonchev–Trinajstić information content (AvgIpc) is 2.84. The molecule has 0 bridgehead atoms. The van der Waals surface area contributed by atoms with E-state index in [0.717, 1.165) is 30.5 Å². The summed E-state index contributed by atoms with van der Waals surface area (Å²) < 4.78 is 0. The number of anilines is 1. The second-order valence-corrected chi connectivity index (χ2v) is 3.53. The first-order valence-corrected chi connectivity index (χ1v) is 5.10. The Morgan fingerprint density at radius 2 is 2.27 bits per heavy atom. The SMILES string of the molecule is CCc1c(N)n[nH]c1CCc1cn[nH]c1. The molecule has 0 amide bonds. The van der Waals surface area contributed by atoms with Gasteiger partial charge in [0, 0.05) is 17.5 Å². The van der Waals surface area contributed by atoms with Crippen LogP contribution in [-0.2, 0) is 19.3 Å². The highest BCUT2D eigenvalue weighted by atomic mass is 15.2. The molecule has 0 aliphatic carbocycles. The van der Waals surface area contributed by atoms with E-state index in [9.17, 15) is 0 Å². The van der Waals surface area contributed by atoms with Crippen molar-refractivity contribution in [1.82, 2.24) is 20.4 Å². The summed E-state index contributed by atoms with van der Waals surface area (Å²) in [7, 11) is 0. The predicted octanol–water partition coefficient (Wildman–Crippen LogP) is 1.06. The monoisotopic (exact) mass is 205 g/mol. The number of rotatable bonds is 4. The molecule has 0 radical (unpaired) electrons. The minimum Gasteiger partial charge on any atom is -0.382 e. The predicted molar refractivity (Wildman–Crippen MR) is 58.4 cm³/mol. The molecule has 0 atom stereocenters. The van der Waals surface area contributed by atoms with Crippen molar-refractivity contribution in [3.8, 4) is 0 Å². The first-order valence-electron chi connectivity index (χ1n) is 5.10. The molecule has 5 nitrogen and oxygen atoms in total. The third-order valence-corrected chi connectivity index (χ3v) is 2.56. The Morgan fingerprint density at radius 3 is 2.93 bits per heavy atom. The van der Waals surface area contributed by atoms with Crippen molar-refractivity contribution in [2.24, 2.45) is 0 Å². The Morgan fingerprint density at radius 1 is 1.40 bits per heavy atom. The van der Waals surface area contributed by atoms with Gasteiger partial charge in [0.25, 0.3) is 0 Å². The van der Waals surface area contributed by atoms with Crippen LogP contribution in [0.5, 0.6) is 0 Å². The maximum atomic E-state index is 5.74. The van der Waals surface area contributed by atoms with E-state index in [2.05, 4.69) is 27.3 Å². The Balaban J connectivity index is 2.05. The van der Waals surface area contributed by atoms with E-state index >= 15 is 0 Å². The van der Waals surface area contributed by atoms with E-state index < -0.39 is 0 Å². The Hall–Kier alpha value is -1.78. The van der Waals surface area contributed by atoms with Crippen molar-refractivity contribution < 1.29 is 0 Å². The zero-order chi connectivity index (χ0) is 10.7. The molecule has 5 heteroatoms. The molecule has 0 saturated heterocycles. The Labute approximate surface area is 88.1 Å². The van der Waals surface area contributed by atoms with Gasteiger partial charge >= 0.3 is 0 Å². The van der Waals surface area contributed by atoms with Crippen LogP contribution in [0.4, 0.5) is 5.82 Å². The fourth-order valence-electron chi connectivity index (χ4n) is 1.70. The second kappa shape index (κ2) is 4.16. The summed E-state index contributed by atoms with van der Waals surface area (Å²) in [6.45, 7) is 2.09. The lowest BCUT2D eigenvalue weighted by atomic mass is 10.1. The van der Waals surface area contributed by atoms with Gasteiger partial charge < -0.3 is 5.73 Å². The molecule has 80 valence electrons. The van der Waals surface area contributed by atoms with Crippen molar-refractivity contribution >= 4 is 5.82 Å². The first kappa shape index (κ1) is 9.76. The van der Waals surface area contributed by atoms with Gasteiger partial charge in [-0.05, 0) is 24.8 Å². The van der Waals surface area contributed by atoms with Crippen LogP contribution in [0.25, 0.3) is 0 Å². The minimum absolute atomic E-state index is 0.625. The lowest BCUT2D eigenvalue weighted by Gasteiger charge is -1.99. The fourth-order valence-corrected chi connectivity index (χ4v) is 1.70. The molecular formula is C10H15N5. The standard InChI is InChI=1S/C10H15N5/c1-2-8-9(14-15-10(8)11)4-3-7-5-12-13-6-7/h5-6H,2-4H2,1H3,(H,12,13)(H3,11,14,15). The number of aromatic nitrogens is 4. The molecule has 0 aliphatic heterocycles. The van der Waals surface area contributed by atoms with Crippen LogP contribution in [0.3, 0.4) is 0 Å². The maximum Gasteiger partial charge on any atom is 0.148 e. The smallest absolute Gasteiger partial charge is 0.148 e. The zero-order valence-corrected chi connectivity index (χ0v) is 8.75. The number of aryl methyl sites for hydroxylation is 2. The summed E-state index contributed by atoms with van der Waals surface area (Å²) in [5.74, 6) is 0.625. The largest absolute Gasteiger partial charge is 0.382 e. The van der Waals surface area contributed by atoms with E-state index in [1.54, 1.807) is 0 Å². The van der Waals surface area contributed by atoms with Gasteiger partial charge in [-0.15, -0.1) is 0 Å². The van der Waals surface area contributed by atoms with E-state index in [4.69, 9.17) is 5.73 Å². The summed E-state index contributed by atoms with van der Waals surface area (Å²) in [5.41, 5.74) is 9.21. The van der Waals surface area contributed by atoms with Crippen LogP contribution in [0.1, 0.15) is 23.7 Å². The molecule has 4 N–H and O–H groups in total. The highest BCUT2D eigenvalue weighted by molar-refractivity contribution is 5.42. The number of nitrogens with zero attached hydrogens (tertiary/aromatic N) is 2. The van der Waals surface area contributed by atoms with Gasteiger partial charge in [0.1, 0.15) is 5.82 Å². The van der Waals surface area contributed by atoms with Gasteiger partial charge in [-0.2, -0.15) is 10.2 Å². The summed E-state index contributed by atoms with van der Waals surface area (Å²) in [6, 6.07) is 0. The molecule has 0 aliphatic rings. The Kier molecular flexibility index (Phi) is 2.71. The van der Waals surface area contributed by atoms with E-state index in [1.807, 2.05) is 12.4 Å². The van der Waals surface area contributed by atoms with Gasteiger partial charge in [0.15, 0.2) is 0 Å². The summed E-state index contributed by atoms with van der Waals surface area (Å²) >= 11 is 0. The zero-order valence-electron chi connectivity index (χ0n) is 8.75. The highest BCUT2D eigenvalue weighted by Crippen LogP contribution is 2.15. The average molecular weight is 205 g/mol. The molecule has 0 aromatic carbocycles. The quantitative estimate of drug-likeness (QED) is 0.698. The third-order valence-electron chi connectivity index (χ3n) is 2.56. The maximum absolute atomic E-state index is 5.74. The van der Waals surface area contributed by atoms with Crippen LogP contribution in [0.2, 0.25) is 0 Å². The van der Waals surface area contributed by atoms with Crippen molar-refractivity contribution in [2.45, 2.75) is 26.2 Å². The summed E-state index contributed by atoms with van der Waals surface area (Å²) in [4.78, 5) is 0. The number of aromatic amines is 2. The molecule has 2 aromatic rings. The fraction of sp³-hybridized carbons (Fsp3) is 0.400. The third kappa shape index (κ3) is 2.01. The molecule has 0 saturated carbocycles. The minimum atomic E-state index is 0.625. The molecule has 2 heterocycles. The van der Waals surface area contributed by atoms with Crippen LogP contribution < -0.4 is 5.73 Å². The number of nitrogen functional groups attached to an aromatic ring is 1. The normalized spacial score (nSPS) is 10.7. The van der Waals surface area contributed by atoms with Crippen LogP contribution in [0, 0.1) is 0 Å². The van der Waals surface area contributed by atoms with Crippen LogP contribution in [0.15, 0.2) is 12.4 Å². The van der Waals surface area contributed by atoms with Crippen molar-refractivity contribution in [3.63, 3.8) is 0 Å². The topological polar surface area (TPSA) is 83.4 Å². The van der Waals surface area contributed by atoms with Crippen molar-refractivity contribution in [2.75, 3.05) is 5.73 Å². The number of hydrogen-bond donors (Lipinski definition) is 3. The van der Waals surface area contributed by atoms with Crippen molar-refractivity contribution in [3.05, 3.63) is 29.2 Å². The van der Waals surface area contributed by atoms with Gasteiger partial charge in [-0.3, -0.25) is 10.2 Å². The molecular weight excluding hydrogens is 190 g/mol.